The van der Waals surface area contributed by atoms with Crippen LogP contribution in [0.15, 0.2) is 66.7 Å². The highest BCUT2D eigenvalue weighted by molar-refractivity contribution is 6.36. The van der Waals surface area contributed by atoms with Crippen molar-refractivity contribution in [1.29, 1.82) is 0 Å². The molecule has 22 heavy (non-hydrogen) atoms. The molecule has 0 aliphatic carbocycles. The smallest absolute Gasteiger partial charge is 0.256 e. The zero-order valence-corrected chi connectivity index (χ0v) is 12.3. The normalized spacial score (nSPS) is 15.6. The third-order valence-corrected chi connectivity index (χ3v) is 4.23. The van der Waals surface area contributed by atoms with Crippen molar-refractivity contribution in [1.82, 2.24) is 0 Å². The van der Waals surface area contributed by atoms with Gasteiger partial charge in [0, 0.05) is 11.3 Å². The lowest BCUT2D eigenvalue weighted by Crippen LogP contribution is -2.05. The highest BCUT2D eigenvalue weighted by Gasteiger charge is 2.25. The van der Waals surface area contributed by atoms with Crippen molar-refractivity contribution in [3.8, 4) is 0 Å². The largest absolute Gasteiger partial charge is 0.321 e. The lowest BCUT2D eigenvalue weighted by Gasteiger charge is -2.08. The minimum atomic E-state index is -0.0214. The van der Waals surface area contributed by atoms with Crippen LogP contribution in [0, 0.1) is 0 Å². The molecule has 2 nitrogen and oxygen atoms in total. The third-order valence-electron chi connectivity index (χ3n) is 4.23. The van der Waals surface area contributed by atoms with Crippen molar-refractivity contribution in [3.63, 3.8) is 0 Å². The fourth-order valence-electron chi connectivity index (χ4n) is 3.06. The number of nitrogens with one attached hydrogen (secondary N) is 1. The summed E-state index contributed by atoms with van der Waals surface area (Å²) in [4.78, 5) is 12.3. The molecular formula is C20H15NO. The van der Waals surface area contributed by atoms with E-state index in [1.165, 1.54) is 10.8 Å². The lowest BCUT2D eigenvalue weighted by molar-refractivity contribution is -0.110. The van der Waals surface area contributed by atoms with Gasteiger partial charge in [-0.15, -0.1) is 0 Å². The number of allylic oxidation sites excluding steroid dienone is 1. The molecule has 3 aromatic rings. The van der Waals surface area contributed by atoms with Gasteiger partial charge in [0.05, 0.1) is 5.57 Å². The zero-order chi connectivity index (χ0) is 15.1. The number of rotatable bonds is 1. The van der Waals surface area contributed by atoms with Crippen LogP contribution in [0.5, 0.6) is 0 Å². The van der Waals surface area contributed by atoms with Gasteiger partial charge in [-0.1, -0.05) is 54.6 Å². The molecule has 1 N–H and O–H groups in total. The number of fused-ring (bicyclic) bond motifs is 2. The molecule has 1 heterocycles. The summed E-state index contributed by atoms with van der Waals surface area (Å²) in [6.45, 7) is 2.02. The Hall–Kier alpha value is -2.87. The molecule has 1 aliphatic rings. The monoisotopic (exact) mass is 285 g/mol. The summed E-state index contributed by atoms with van der Waals surface area (Å²) >= 11 is 0. The Kier molecular flexibility index (Phi) is 2.83. The minimum Gasteiger partial charge on any atom is -0.321 e. The molecule has 106 valence electrons. The molecule has 0 atom stereocenters. The average molecular weight is 285 g/mol. The summed E-state index contributed by atoms with van der Waals surface area (Å²) in [5, 5.41) is 5.33. The van der Waals surface area contributed by atoms with Gasteiger partial charge in [-0.3, -0.25) is 4.79 Å². The van der Waals surface area contributed by atoms with Crippen LogP contribution in [0.1, 0.15) is 18.1 Å². The first-order chi connectivity index (χ1) is 10.7. The van der Waals surface area contributed by atoms with E-state index >= 15 is 0 Å². The summed E-state index contributed by atoms with van der Waals surface area (Å²) < 4.78 is 0. The highest BCUT2D eigenvalue weighted by atomic mass is 16.2. The molecule has 0 radical (unpaired) electrons. The van der Waals surface area contributed by atoms with Crippen molar-refractivity contribution in [2.45, 2.75) is 6.92 Å². The van der Waals surface area contributed by atoms with Crippen LogP contribution < -0.4 is 5.32 Å². The van der Waals surface area contributed by atoms with Gasteiger partial charge >= 0.3 is 0 Å². The minimum absolute atomic E-state index is 0.0214. The molecule has 3 aromatic carbocycles. The Morgan fingerprint density at radius 1 is 0.864 bits per heavy atom. The van der Waals surface area contributed by atoms with Crippen LogP contribution in [0.2, 0.25) is 0 Å². The van der Waals surface area contributed by atoms with Gasteiger partial charge in [0.25, 0.3) is 5.91 Å². The number of hydrogen-bond donors (Lipinski definition) is 1. The van der Waals surface area contributed by atoms with E-state index in [1.54, 1.807) is 0 Å². The van der Waals surface area contributed by atoms with Crippen molar-refractivity contribution in [3.05, 3.63) is 77.9 Å². The number of amides is 1. The molecule has 0 saturated heterocycles. The second-order valence-corrected chi connectivity index (χ2v) is 5.56. The van der Waals surface area contributed by atoms with Gasteiger partial charge in [-0.2, -0.15) is 0 Å². The molecule has 1 amide bonds. The molecule has 1 aliphatic heterocycles. The predicted molar refractivity (Wildman–Crippen MR) is 91.5 cm³/mol. The number of anilines is 1. The van der Waals surface area contributed by atoms with E-state index in [0.717, 1.165) is 28.0 Å². The first-order valence-electron chi connectivity index (χ1n) is 7.35. The molecule has 0 aromatic heterocycles. The van der Waals surface area contributed by atoms with Gasteiger partial charge in [0.2, 0.25) is 0 Å². The van der Waals surface area contributed by atoms with Gasteiger partial charge < -0.3 is 5.32 Å². The van der Waals surface area contributed by atoms with Crippen molar-refractivity contribution in [2.75, 3.05) is 5.32 Å². The summed E-state index contributed by atoms with van der Waals surface area (Å²) in [5.41, 5.74) is 4.74. The van der Waals surface area contributed by atoms with Crippen LogP contribution in [-0.4, -0.2) is 5.91 Å². The number of benzene rings is 3. The fraction of sp³-hybridized carbons (Fsp3) is 0.0500. The van der Waals surface area contributed by atoms with E-state index < -0.39 is 0 Å². The number of carbonyl (C=O) groups excluding carboxylic acids is 1. The molecule has 2 heteroatoms. The summed E-state index contributed by atoms with van der Waals surface area (Å²) in [7, 11) is 0. The second kappa shape index (κ2) is 4.85. The maximum Gasteiger partial charge on any atom is 0.256 e. The Morgan fingerprint density at radius 3 is 2.45 bits per heavy atom. The summed E-state index contributed by atoms with van der Waals surface area (Å²) in [6.07, 6.45) is 0. The van der Waals surface area contributed by atoms with Gasteiger partial charge in [-0.25, -0.2) is 0 Å². The number of carbonyl (C=O) groups is 1. The van der Waals surface area contributed by atoms with Crippen LogP contribution >= 0.6 is 0 Å². The van der Waals surface area contributed by atoms with E-state index in [4.69, 9.17) is 0 Å². The van der Waals surface area contributed by atoms with E-state index in [9.17, 15) is 4.79 Å². The zero-order valence-electron chi connectivity index (χ0n) is 12.3. The van der Waals surface area contributed by atoms with Crippen molar-refractivity contribution < 1.29 is 4.79 Å². The fourth-order valence-corrected chi connectivity index (χ4v) is 3.06. The third kappa shape index (κ3) is 1.92. The molecule has 0 bridgehead atoms. The molecular weight excluding hydrogens is 270 g/mol. The van der Waals surface area contributed by atoms with Gasteiger partial charge in [0.15, 0.2) is 0 Å². The maximum absolute atomic E-state index is 12.3. The van der Waals surface area contributed by atoms with E-state index in [2.05, 4.69) is 35.6 Å². The summed E-state index contributed by atoms with van der Waals surface area (Å²) in [6, 6.07) is 22.4. The molecule has 4 rings (SSSR count). The molecule has 0 unspecified atom stereocenters. The van der Waals surface area contributed by atoms with E-state index in [0.29, 0.717) is 0 Å². The Bertz CT molecular complexity index is 937. The summed E-state index contributed by atoms with van der Waals surface area (Å²) in [5.74, 6) is -0.0214. The van der Waals surface area contributed by atoms with Crippen molar-refractivity contribution >= 4 is 33.5 Å². The first kappa shape index (κ1) is 12.8. The maximum atomic E-state index is 12.3. The molecule has 0 fully saturated rings. The van der Waals surface area contributed by atoms with E-state index in [-0.39, 0.29) is 5.91 Å². The van der Waals surface area contributed by atoms with Crippen LogP contribution in [-0.2, 0) is 4.79 Å². The van der Waals surface area contributed by atoms with E-state index in [1.807, 2.05) is 43.3 Å². The number of hydrogen-bond acceptors (Lipinski definition) is 1. The Labute approximate surface area is 129 Å². The molecule has 0 saturated carbocycles. The van der Waals surface area contributed by atoms with Gasteiger partial charge in [-0.05, 0) is 41.0 Å². The topological polar surface area (TPSA) is 29.1 Å². The van der Waals surface area contributed by atoms with Gasteiger partial charge in [0.1, 0.15) is 0 Å². The quantitative estimate of drug-likeness (QED) is 0.644. The SMILES string of the molecule is C/C(=C1/C(=O)Nc2ccccc21)c1ccc2ccccc2c1. The van der Waals surface area contributed by atoms with Crippen molar-refractivity contribution in [2.24, 2.45) is 0 Å². The van der Waals surface area contributed by atoms with Crippen LogP contribution in [0.3, 0.4) is 0 Å². The standard InChI is InChI=1S/C20H15NO/c1-13(15-11-10-14-6-2-3-7-16(14)12-15)19-17-8-4-5-9-18(17)21-20(19)22/h2-12H,1H3,(H,21,22)/b19-13-. The Morgan fingerprint density at radius 2 is 1.59 bits per heavy atom. The lowest BCUT2D eigenvalue weighted by atomic mass is 9.95. The highest BCUT2D eigenvalue weighted by Crippen LogP contribution is 2.37. The first-order valence-corrected chi connectivity index (χ1v) is 7.35. The van der Waals surface area contributed by atoms with Crippen LogP contribution in [0.25, 0.3) is 21.9 Å². The second-order valence-electron chi connectivity index (χ2n) is 5.56. The predicted octanol–water partition coefficient (Wildman–Crippen LogP) is 4.72. The number of para-hydroxylation sites is 1. The van der Waals surface area contributed by atoms with Crippen LogP contribution in [0.4, 0.5) is 5.69 Å². The molecule has 0 spiro atoms. The Balaban J connectivity index is 1.92. The average Bonchev–Trinajstić information content (AvgIpc) is 2.89.